The first-order valence-electron chi connectivity index (χ1n) is 7.80. The molecule has 0 bridgehead atoms. The molecule has 120 valence electrons. The quantitative estimate of drug-likeness (QED) is 0.794. The molecular formula is C15H27ClN4S. The minimum absolute atomic E-state index is 0.331. The van der Waals surface area contributed by atoms with Gasteiger partial charge in [-0.1, -0.05) is 18.5 Å². The monoisotopic (exact) mass is 330 g/mol. The van der Waals surface area contributed by atoms with E-state index in [0.29, 0.717) is 12.0 Å². The molecule has 1 aromatic heterocycles. The highest BCUT2D eigenvalue weighted by molar-refractivity contribution is 7.99. The molecule has 1 fully saturated rings. The molecular weight excluding hydrogens is 304 g/mol. The summed E-state index contributed by atoms with van der Waals surface area (Å²) in [5.74, 6) is 3.14. The van der Waals surface area contributed by atoms with Crippen molar-refractivity contribution >= 4 is 23.4 Å². The molecule has 4 nitrogen and oxygen atoms in total. The van der Waals surface area contributed by atoms with E-state index in [-0.39, 0.29) is 0 Å². The van der Waals surface area contributed by atoms with E-state index in [2.05, 4.69) is 52.8 Å². The molecule has 0 aliphatic carbocycles. The van der Waals surface area contributed by atoms with Gasteiger partial charge >= 0.3 is 0 Å². The van der Waals surface area contributed by atoms with Crippen molar-refractivity contribution in [1.82, 2.24) is 20.0 Å². The minimum atomic E-state index is 0.331. The number of nitrogens with zero attached hydrogens (tertiary/aromatic N) is 3. The van der Waals surface area contributed by atoms with Crippen molar-refractivity contribution in [2.45, 2.75) is 32.4 Å². The van der Waals surface area contributed by atoms with E-state index >= 15 is 0 Å². The summed E-state index contributed by atoms with van der Waals surface area (Å²) in [6, 6.07) is 0.331. The Labute approximate surface area is 137 Å². The highest BCUT2D eigenvalue weighted by atomic mass is 35.5. The molecule has 0 radical (unpaired) electrons. The molecule has 2 rings (SSSR count). The third-order valence-corrected chi connectivity index (χ3v) is 5.42. The number of hydrogen-bond donors (Lipinski definition) is 1. The van der Waals surface area contributed by atoms with Gasteiger partial charge in [0.25, 0.3) is 0 Å². The Morgan fingerprint density at radius 2 is 2.38 bits per heavy atom. The van der Waals surface area contributed by atoms with Crippen molar-refractivity contribution < 1.29 is 0 Å². The third-order valence-electron chi connectivity index (χ3n) is 3.94. The molecule has 1 aliphatic rings. The van der Waals surface area contributed by atoms with Gasteiger partial charge in [-0.2, -0.15) is 16.9 Å². The molecule has 0 spiro atoms. The van der Waals surface area contributed by atoms with Gasteiger partial charge in [0.15, 0.2) is 0 Å². The van der Waals surface area contributed by atoms with Crippen molar-refractivity contribution in [2.75, 3.05) is 38.7 Å². The van der Waals surface area contributed by atoms with Crippen LogP contribution in [-0.4, -0.2) is 53.4 Å². The average Bonchev–Trinajstić information content (AvgIpc) is 3.09. The molecule has 0 saturated carbocycles. The highest BCUT2D eigenvalue weighted by Crippen LogP contribution is 2.36. The second kappa shape index (κ2) is 8.42. The second-order valence-electron chi connectivity index (χ2n) is 5.96. The van der Waals surface area contributed by atoms with Crippen molar-refractivity contribution in [3.63, 3.8) is 0 Å². The van der Waals surface area contributed by atoms with E-state index in [1.165, 1.54) is 23.6 Å². The molecule has 1 N–H and O–H groups in total. The summed E-state index contributed by atoms with van der Waals surface area (Å²) in [7, 11) is 4.18. The summed E-state index contributed by atoms with van der Waals surface area (Å²) in [6.45, 7) is 5.10. The number of rotatable bonds is 8. The number of aromatic nitrogens is 2. The maximum absolute atomic E-state index is 6.47. The predicted octanol–water partition coefficient (Wildman–Crippen LogP) is 2.89. The number of halogens is 1. The van der Waals surface area contributed by atoms with Gasteiger partial charge in [-0.15, -0.1) is 0 Å². The molecule has 1 saturated heterocycles. The average molecular weight is 331 g/mol. The lowest BCUT2D eigenvalue weighted by Crippen LogP contribution is -2.32. The van der Waals surface area contributed by atoms with E-state index in [1.54, 1.807) is 6.20 Å². The summed E-state index contributed by atoms with van der Waals surface area (Å²) in [5, 5.41) is 9.01. The lowest BCUT2D eigenvalue weighted by atomic mass is 9.96. The van der Waals surface area contributed by atoms with Crippen LogP contribution >= 0.6 is 23.4 Å². The van der Waals surface area contributed by atoms with Crippen LogP contribution in [0, 0.1) is 5.92 Å². The van der Waals surface area contributed by atoms with Crippen LogP contribution < -0.4 is 5.32 Å². The number of nitrogens with one attached hydrogen (secondary N) is 1. The van der Waals surface area contributed by atoms with Crippen LogP contribution in [0.2, 0.25) is 5.02 Å². The lowest BCUT2D eigenvalue weighted by molar-refractivity contribution is 0.338. The Balaban J connectivity index is 2.18. The van der Waals surface area contributed by atoms with Gasteiger partial charge < -0.3 is 10.2 Å². The van der Waals surface area contributed by atoms with Gasteiger partial charge in [0.2, 0.25) is 0 Å². The van der Waals surface area contributed by atoms with E-state index in [9.17, 15) is 0 Å². The van der Waals surface area contributed by atoms with Gasteiger partial charge in [-0.3, -0.25) is 4.68 Å². The highest BCUT2D eigenvalue weighted by Gasteiger charge is 2.30. The second-order valence-corrected chi connectivity index (χ2v) is 7.52. The van der Waals surface area contributed by atoms with Crippen LogP contribution in [-0.2, 0) is 6.54 Å². The predicted molar refractivity (Wildman–Crippen MR) is 92.3 cm³/mol. The fraction of sp³-hybridized carbons (Fsp3) is 0.800. The summed E-state index contributed by atoms with van der Waals surface area (Å²) >= 11 is 8.52. The third kappa shape index (κ3) is 4.62. The summed E-state index contributed by atoms with van der Waals surface area (Å²) in [5.41, 5.74) is 1.18. The van der Waals surface area contributed by atoms with Gasteiger partial charge in [-0.25, -0.2) is 0 Å². The largest absolute Gasteiger partial charge is 0.308 e. The number of thioether (sulfide) groups is 1. The zero-order valence-corrected chi connectivity index (χ0v) is 14.9. The molecule has 2 heterocycles. The first kappa shape index (κ1) is 17.1. The molecule has 1 aliphatic heterocycles. The first-order chi connectivity index (χ1) is 10.1. The normalized spacial score (nSPS) is 20.3. The van der Waals surface area contributed by atoms with Crippen LogP contribution in [0.3, 0.4) is 0 Å². The van der Waals surface area contributed by atoms with Crippen LogP contribution in [0.5, 0.6) is 0 Å². The van der Waals surface area contributed by atoms with Crippen LogP contribution in [0.4, 0.5) is 0 Å². The molecule has 0 amide bonds. The fourth-order valence-corrected chi connectivity index (χ4v) is 4.31. The Morgan fingerprint density at radius 3 is 3.00 bits per heavy atom. The van der Waals surface area contributed by atoms with Crippen LogP contribution in [0.15, 0.2) is 6.20 Å². The molecule has 2 atom stereocenters. The zero-order valence-electron chi connectivity index (χ0n) is 13.3. The Bertz CT molecular complexity index is 429. The number of likely N-dealkylation sites (N-methyl/N-ethyl adjacent to an activating group) is 1. The van der Waals surface area contributed by atoms with E-state index < -0.39 is 0 Å². The fourth-order valence-electron chi connectivity index (χ4n) is 2.76. The van der Waals surface area contributed by atoms with E-state index in [0.717, 1.165) is 31.1 Å². The Morgan fingerprint density at radius 1 is 1.57 bits per heavy atom. The molecule has 0 aromatic carbocycles. The molecule has 21 heavy (non-hydrogen) atoms. The topological polar surface area (TPSA) is 33.1 Å². The zero-order chi connectivity index (χ0) is 15.2. The van der Waals surface area contributed by atoms with E-state index in [1.807, 2.05) is 0 Å². The maximum atomic E-state index is 6.47. The van der Waals surface area contributed by atoms with Crippen molar-refractivity contribution in [3.8, 4) is 0 Å². The standard InChI is InChI=1S/C15H27ClN4S/c1-4-6-17-14(12-5-9-21-11-12)15-13(16)10-18-20(15)8-7-19(2)3/h10,12,14,17H,4-9,11H2,1-3H3. The molecule has 6 heteroatoms. The Hall–Kier alpha value is -0.230. The van der Waals surface area contributed by atoms with E-state index in [4.69, 9.17) is 11.6 Å². The Kier molecular flexibility index (Phi) is 6.86. The van der Waals surface area contributed by atoms with Crippen molar-refractivity contribution in [2.24, 2.45) is 5.92 Å². The SMILES string of the molecule is CCCNC(c1c(Cl)cnn1CCN(C)C)C1CCSC1. The lowest BCUT2D eigenvalue weighted by Gasteiger charge is -2.26. The summed E-state index contributed by atoms with van der Waals surface area (Å²) < 4.78 is 2.10. The van der Waals surface area contributed by atoms with Gasteiger partial charge in [0, 0.05) is 6.54 Å². The van der Waals surface area contributed by atoms with Gasteiger partial charge in [0.05, 0.1) is 29.5 Å². The smallest absolute Gasteiger partial charge is 0.0834 e. The first-order valence-corrected chi connectivity index (χ1v) is 9.33. The minimum Gasteiger partial charge on any atom is -0.308 e. The van der Waals surface area contributed by atoms with Crippen LogP contribution in [0.1, 0.15) is 31.5 Å². The summed E-state index contributed by atoms with van der Waals surface area (Å²) in [6.07, 6.45) is 4.20. The van der Waals surface area contributed by atoms with Gasteiger partial charge in [-0.05, 0) is 50.9 Å². The molecule has 2 unspecified atom stereocenters. The molecule has 1 aromatic rings. The van der Waals surface area contributed by atoms with Crippen molar-refractivity contribution in [1.29, 1.82) is 0 Å². The van der Waals surface area contributed by atoms with Gasteiger partial charge in [0.1, 0.15) is 0 Å². The number of hydrogen-bond acceptors (Lipinski definition) is 4. The van der Waals surface area contributed by atoms with Crippen molar-refractivity contribution in [3.05, 3.63) is 16.9 Å². The summed E-state index contributed by atoms with van der Waals surface area (Å²) in [4.78, 5) is 2.18. The maximum Gasteiger partial charge on any atom is 0.0834 e. The van der Waals surface area contributed by atoms with Crippen LogP contribution in [0.25, 0.3) is 0 Å².